The maximum Gasteiger partial charge on any atom is 0.416 e. The number of nitrogens with one attached hydrogen (secondary N) is 1. The molecule has 1 amide bonds. The molecule has 1 aromatic rings. The van der Waals surface area contributed by atoms with Crippen LogP contribution in [0.1, 0.15) is 36.2 Å². The van der Waals surface area contributed by atoms with E-state index >= 15 is 0 Å². The van der Waals surface area contributed by atoms with Crippen LogP contribution >= 0.6 is 0 Å². The van der Waals surface area contributed by atoms with Crippen LogP contribution in [0.5, 0.6) is 0 Å². The molecule has 0 radical (unpaired) electrons. The van der Waals surface area contributed by atoms with Gasteiger partial charge in [0, 0.05) is 5.56 Å². The van der Waals surface area contributed by atoms with Crippen molar-refractivity contribution < 1.29 is 27.5 Å². The molecule has 1 rings (SSSR count). The number of alkyl halides is 3. The Morgan fingerprint density at radius 1 is 1.33 bits per heavy atom. The first-order valence-electron chi connectivity index (χ1n) is 6.40. The van der Waals surface area contributed by atoms with Crippen LogP contribution < -0.4 is 5.32 Å². The van der Waals surface area contributed by atoms with E-state index in [1.165, 1.54) is 13.0 Å². The average Bonchev–Trinajstić information content (AvgIpc) is 2.43. The van der Waals surface area contributed by atoms with Crippen molar-refractivity contribution in [3.05, 3.63) is 35.4 Å². The van der Waals surface area contributed by atoms with Crippen LogP contribution in [0.25, 0.3) is 0 Å². The topological polar surface area (TPSA) is 55.4 Å². The van der Waals surface area contributed by atoms with E-state index in [-0.39, 0.29) is 12.2 Å². The maximum absolute atomic E-state index is 12.6. The molecule has 1 aromatic carbocycles. The van der Waals surface area contributed by atoms with Crippen LogP contribution in [0.2, 0.25) is 0 Å². The van der Waals surface area contributed by atoms with Crippen molar-refractivity contribution in [2.75, 3.05) is 6.61 Å². The molecule has 0 spiro atoms. The predicted molar refractivity (Wildman–Crippen MR) is 69.6 cm³/mol. The molecule has 0 saturated carbocycles. The highest BCUT2D eigenvalue weighted by molar-refractivity contribution is 5.96. The summed E-state index contributed by atoms with van der Waals surface area (Å²) in [6, 6.07) is 3.06. The minimum absolute atomic E-state index is 0.167. The molecule has 21 heavy (non-hydrogen) atoms. The van der Waals surface area contributed by atoms with Gasteiger partial charge in [0.05, 0.1) is 12.2 Å². The van der Waals surface area contributed by atoms with Crippen molar-refractivity contribution in [2.24, 2.45) is 0 Å². The van der Waals surface area contributed by atoms with E-state index in [4.69, 9.17) is 4.74 Å². The third-order valence-corrected chi connectivity index (χ3v) is 2.60. The predicted octanol–water partition coefficient (Wildman–Crippen LogP) is 2.78. The van der Waals surface area contributed by atoms with Gasteiger partial charge in [0.15, 0.2) is 0 Å². The van der Waals surface area contributed by atoms with Crippen LogP contribution in [0.4, 0.5) is 13.2 Å². The number of hydrogen-bond acceptors (Lipinski definition) is 3. The van der Waals surface area contributed by atoms with Gasteiger partial charge in [0.2, 0.25) is 0 Å². The van der Waals surface area contributed by atoms with Crippen molar-refractivity contribution in [3.63, 3.8) is 0 Å². The van der Waals surface area contributed by atoms with Crippen molar-refractivity contribution in [1.29, 1.82) is 0 Å². The van der Waals surface area contributed by atoms with Gasteiger partial charge in [-0.2, -0.15) is 13.2 Å². The Morgan fingerprint density at radius 3 is 2.57 bits per heavy atom. The smallest absolute Gasteiger partial charge is 0.416 e. The number of carbonyl (C=O) groups excluding carboxylic acids is 2. The molecule has 4 nitrogen and oxygen atoms in total. The quantitative estimate of drug-likeness (QED) is 0.851. The lowest BCUT2D eigenvalue weighted by molar-refractivity contribution is -0.145. The van der Waals surface area contributed by atoms with Crippen molar-refractivity contribution in [2.45, 2.75) is 32.5 Å². The molecule has 0 heterocycles. The van der Waals surface area contributed by atoms with E-state index in [1.807, 2.05) is 6.92 Å². The van der Waals surface area contributed by atoms with Gasteiger partial charge in [-0.15, -0.1) is 0 Å². The molecule has 0 fully saturated rings. The molecule has 1 atom stereocenters. The number of amides is 1. The fourth-order valence-corrected chi connectivity index (χ4v) is 1.50. The first kappa shape index (κ1) is 17.0. The number of ether oxygens (including phenoxy) is 1. The standard InChI is InChI=1S/C14H16F3NO3/c1-3-7-21-13(20)9(2)18-12(19)10-5-4-6-11(8-10)14(15,16)17/h4-6,8-9H,3,7H2,1-2H3,(H,18,19). The van der Waals surface area contributed by atoms with Crippen LogP contribution in [0.3, 0.4) is 0 Å². The Hall–Kier alpha value is -2.05. The first-order valence-corrected chi connectivity index (χ1v) is 6.40. The van der Waals surface area contributed by atoms with Crippen molar-refractivity contribution in [1.82, 2.24) is 5.32 Å². The first-order chi connectivity index (χ1) is 9.75. The molecule has 0 saturated heterocycles. The lowest BCUT2D eigenvalue weighted by Crippen LogP contribution is -2.39. The maximum atomic E-state index is 12.6. The monoisotopic (exact) mass is 303 g/mol. The SMILES string of the molecule is CCCOC(=O)C(C)NC(=O)c1cccc(C(F)(F)F)c1. The van der Waals surface area contributed by atoms with Crippen molar-refractivity contribution in [3.8, 4) is 0 Å². The van der Waals surface area contributed by atoms with Crippen LogP contribution in [-0.2, 0) is 15.7 Å². The van der Waals surface area contributed by atoms with Crippen LogP contribution in [0, 0.1) is 0 Å². The van der Waals surface area contributed by atoms with E-state index in [0.29, 0.717) is 6.42 Å². The number of halogens is 3. The molecule has 0 aliphatic rings. The zero-order valence-corrected chi connectivity index (χ0v) is 11.7. The largest absolute Gasteiger partial charge is 0.464 e. The third kappa shape index (κ3) is 5.09. The average molecular weight is 303 g/mol. The van der Waals surface area contributed by atoms with E-state index in [9.17, 15) is 22.8 Å². The Labute approximate surface area is 120 Å². The highest BCUT2D eigenvalue weighted by atomic mass is 19.4. The van der Waals surface area contributed by atoms with E-state index in [2.05, 4.69) is 5.32 Å². The molecule has 1 N–H and O–H groups in total. The lowest BCUT2D eigenvalue weighted by Gasteiger charge is -2.14. The molecule has 116 valence electrons. The molecule has 0 bridgehead atoms. The highest BCUT2D eigenvalue weighted by Gasteiger charge is 2.31. The molecular formula is C14H16F3NO3. The van der Waals surface area contributed by atoms with Crippen LogP contribution in [-0.4, -0.2) is 24.5 Å². The van der Waals surface area contributed by atoms with Gasteiger partial charge in [-0.25, -0.2) is 4.79 Å². The van der Waals surface area contributed by atoms with Gasteiger partial charge in [0.25, 0.3) is 5.91 Å². The second-order valence-corrected chi connectivity index (χ2v) is 4.44. The van der Waals surface area contributed by atoms with Gasteiger partial charge in [0.1, 0.15) is 6.04 Å². The summed E-state index contributed by atoms with van der Waals surface area (Å²) in [6.07, 6.45) is -3.89. The number of carbonyl (C=O) groups is 2. The van der Waals surface area contributed by atoms with Gasteiger partial charge in [-0.3, -0.25) is 4.79 Å². The minimum atomic E-state index is -4.53. The number of esters is 1. The summed E-state index contributed by atoms with van der Waals surface area (Å²) < 4.78 is 42.5. The number of benzene rings is 1. The molecular weight excluding hydrogens is 287 g/mol. The van der Waals surface area contributed by atoms with Gasteiger partial charge < -0.3 is 10.1 Å². The summed E-state index contributed by atoms with van der Waals surface area (Å²) >= 11 is 0. The molecule has 0 aliphatic carbocycles. The normalized spacial score (nSPS) is 12.6. The summed E-state index contributed by atoms with van der Waals surface area (Å²) in [4.78, 5) is 23.3. The number of rotatable bonds is 5. The van der Waals surface area contributed by atoms with Gasteiger partial charge in [-0.1, -0.05) is 13.0 Å². The Bertz CT molecular complexity index is 514. The second-order valence-electron chi connectivity index (χ2n) is 4.44. The fraction of sp³-hybridized carbons (Fsp3) is 0.429. The zero-order valence-electron chi connectivity index (χ0n) is 11.7. The summed E-state index contributed by atoms with van der Waals surface area (Å²) in [5.41, 5.74) is -1.09. The van der Waals surface area contributed by atoms with Gasteiger partial charge in [-0.05, 0) is 31.5 Å². The van der Waals surface area contributed by atoms with E-state index in [0.717, 1.165) is 18.2 Å². The number of hydrogen-bond donors (Lipinski definition) is 1. The molecule has 0 aliphatic heterocycles. The molecule has 1 unspecified atom stereocenters. The second kappa shape index (κ2) is 7.10. The molecule has 7 heteroatoms. The minimum Gasteiger partial charge on any atom is -0.464 e. The van der Waals surface area contributed by atoms with Crippen LogP contribution in [0.15, 0.2) is 24.3 Å². The Morgan fingerprint density at radius 2 is 2.00 bits per heavy atom. The summed E-state index contributed by atoms with van der Waals surface area (Å²) in [7, 11) is 0. The lowest BCUT2D eigenvalue weighted by atomic mass is 10.1. The Kier molecular flexibility index (Phi) is 5.75. The summed E-state index contributed by atoms with van der Waals surface area (Å²) in [5, 5.41) is 2.30. The van der Waals surface area contributed by atoms with Crippen molar-refractivity contribution >= 4 is 11.9 Å². The highest BCUT2D eigenvalue weighted by Crippen LogP contribution is 2.29. The zero-order chi connectivity index (χ0) is 16.0. The Balaban J connectivity index is 2.74. The van der Waals surface area contributed by atoms with Gasteiger partial charge >= 0.3 is 12.1 Å². The summed E-state index contributed by atoms with van der Waals surface area (Å²) in [6.45, 7) is 3.45. The van der Waals surface area contributed by atoms with E-state index in [1.54, 1.807) is 0 Å². The third-order valence-electron chi connectivity index (χ3n) is 2.60. The molecule has 0 aromatic heterocycles. The van der Waals surface area contributed by atoms with E-state index < -0.39 is 29.7 Å². The fourth-order valence-electron chi connectivity index (χ4n) is 1.50. The summed E-state index contributed by atoms with van der Waals surface area (Å²) in [5.74, 6) is -1.39.